The highest BCUT2D eigenvalue weighted by Gasteiger charge is 2.24. The summed E-state index contributed by atoms with van der Waals surface area (Å²) >= 11 is 0. The monoisotopic (exact) mass is 195 g/mol. The predicted molar refractivity (Wildman–Crippen MR) is 43.5 cm³/mol. The van der Waals surface area contributed by atoms with E-state index < -0.39 is 0 Å². The van der Waals surface area contributed by atoms with E-state index in [0.29, 0.717) is 0 Å². The van der Waals surface area contributed by atoms with Gasteiger partial charge in [-0.2, -0.15) is 0 Å². The Hall–Kier alpha value is 0.170. The van der Waals surface area contributed by atoms with Gasteiger partial charge in [-0.05, 0) is 0 Å². The molecular formula is C8H18ClNO2. The normalized spacial score (nSPS) is 21.5. The van der Waals surface area contributed by atoms with E-state index in [2.05, 4.69) is 7.05 Å². The first-order valence-electron chi connectivity index (χ1n) is 4.17. The van der Waals surface area contributed by atoms with Crippen molar-refractivity contribution < 1.29 is 26.4 Å². The van der Waals surface area contributed by atoms with E-state index in [0.717, 1.165) is 43.9 Å². The molecule has 1 aliphatic rings. The second-order valence-corrected chi connectivity index (χ2v) is 3.40. The Morgan fingerprint density at radius 1 is 1.33 bits per heavy atom. The number of methoxy groups -OCH3 is 1. The second-order valence-electron chi connectivity index (χ2n) is 3.40. The third-order valence-electron chi connectivity index (χ3n) is 2.39. The molecule has 4 heteroatoms. The van der Waals surface area contributed by atoms with Gasteiger partial charge in [0.05, 0.1) is 26.9 Å². The molecule has 0 aromatic heterocycles. The Kier molecular flexibility index (Phi) is 5.84. The van der Waals surface area contributed by atoms with Crippen molar-refractivity contribution in [2.24, 2.45) is 0 Å². The zero-order chi connectivity index (χ0) is 8.16. The van der Waals surface area contributed by atoms with Crippen LogP contribution in [-0.2, 0) is 9.47 Å². The summed E-state index contributed by atoms with van der Waals surface area (Å²) < 4.78 is 11.4. The van der Waals surface area contributed by atoms with Crippen molar-refractivity contribution in [1.82, 2.24) is 0 Å². The van der Waals surface area contributed by atoms with E-state index in [9.17, 15) is 0 Å². The van der Waals surface area contributed by atoms with Gasteiger partial charge in [0, 0.05) is 7.11 Å². The molecule has 0 saturated carbocycles. The summed E-state index contributed by atoms with van der Waals surface area (Å²) in [5.74, 6) is 0. The van der Waals surface area contributed by atoms with Gasteiger partial charge < -0.3 is 26.4 Å². The summed E-state index contributed by atoms with van der Waals surface area (Å²) in [6.07, 6.45) is 0. The molecule has 0 atom stereocenters. The number of halogens is 1. The van der Waals surface area contributed by atoms with Gasteiger partial charge in [-0.15, -0.1) is 0 Å². The lowest BCUT2D eigenvalue weighted by Gasteiger charge is -2.37. The van der Waals surface area contributed by atoms with Crippen molar-refractivity contribution in [2.45, 2.75) is 0 Å². The van der Waals surface area contributed by atoms with Crippen LogP contribution in [-0.4, -0.2) is 58.1 Å². The van der Waals surface area contributed by atoms with E-state index >= 15 is 0 Å². The highest BCUT2D eigenvalue weighted by molar-refractivity contribution is 4.45. The van der Waals surface area contributed by atoms with Crippen molar-refractivity contribution in [3.63, 3.8) is 0 Å². The first kappa shape index (κ1) is 12.2. The first-order chi connectivity index (χ1) is 5.27. The highest BCUT2D eigenvalue weighted by atomic mass is 35.5. The Labute approximate surface area is 80.6 Å². The third kappa shape index (κ3) is 3.72. The average molecular weight is 196 g/mol. The van der Waals surface area contributed by atoms with Crippen LogP contribution >= 0.6 is 0 Å². The predicted octanol–water partition coefficient (Wildman–Crippen LogP) is -2.89. The van der Waals surface area contributed by atoms with Crippen molar-refractivity contribution in [2.75, 3.05) is 53.6 Å². The Morgan fingerprint density at radius 2 is 1.92 bits per heavy atom. The molecule has 0 amide bonds. The molecule has 0 N–H and O–H groups in total. The van der Waals surface area contributed by atoms with Gasteiger partial charge in [0.25, 0.3) is 0 Å². The Balaban J connectivity index is 0.00000121. The first-order valence-corrected chi connectivity index (χ1v) is 4.17. The van der Waals surface area contributed by atoms with Crippen LogP contribution in [0.5, 0.6) is 0 Å². The van der Waals surface area contributed by atoms with Crippen LogP contribution in [0.25, 0.3) is 0 Å². The summed E-state index contributed by atoms with van der Waals surface area (Å²) in [6, 6.07) is 0. The summed E-state index contributed by atoms with van der Waals surface area (Å²) in [5, 5.41) is 0. The lowest BCUT2D eigenvalue weighted by atomic mass is 10.3. The number of rotatable bonds is 3. The summed E-state index contributed by atoms with van der Waals surface area (Å²) in [5.41, 5.74) is 0. The molecule has 1 aliphatic heterocycles. The van der Waals surface area contributed by atoms with Crippen LogP contribution in [0.4, 0.5) is 0 Å². The van der Waals surface area contributed by atoms with E-state index in [1.165, 1.54) is 0 Å². The molecule has 0 bridgehead atoms. The number of quaternary nitrogens is 1. The minimum Gasteiger partial charge on any atom is -1.00 e. The molecule has 0 aliphatic carbocycles. The van der Waals surface area contributed by atoms with Crippen LogP contribution in [0.2, 0.25) is 0 Å². The highest BCUT2D eigenvalue weighted by Crippen LogP contribution is 2.06. The van der Waals surface area contributed by atoms with Crippen molar-refractivity contribution >= 4 is 0 Å². The average Bonchev–Trinajstić information content (AvgIpc) is 2.03. The quantitative estimate of drug-likeness (QED) is 0.451. The fraction of sp³-hybridized carbons (Fsp3) is 1.00. The van der Waals surface area contributed by atoms with Crippen molar-refractivity contribution in [3.05, 3.63) is 0 Å². The van der Waals surface area contributed by atoms with E-state index in [-0.39, 0.29) is 12.4 Å². The zero-order valence-electron chi connectivity index (χ0n) is 7.88. The van der Waals surface area contributed by atoms with Gasteiger partial charge in [-0.1, -0.05) is 0 Å². The van der Waals surface area contributed by atoms with Crippen LogP contribution in [0.15, 0.2) is 0 Å². The number of likely N-dealkylation sites (N-methyl/N-ethyl adjacent to an activating group) is 1. The molecule has 0 aromatic carbocycles. The zero-order valence-corrected chi connectivity index (χ0v) is 8.64. The Morgan fingerprint density at radius 3 is 2.42 bits per heavy atom. The van der Waals surface area contributed by atoms with Crippen molar-refractivity contribution in [1.29, 1.82) is 0 Å². The van der Waals surface area contributed by atoms with Crippen molar-refractivity contribution in [3.8, 4) is 0 Å². The van der Waals surface area contributed by atoms with E-state index in [1.54, 1.807) is 7.11 Å². The van der Waals surface area contributed by atoms with Gasteiger partial charge in [0.2, 0.25) is 0 Å². The molecule has 1 fully saturated rings. The summed E-state index contributed by atoms with van der Waals surface area (Å²) in [7, 11) is 4.02. The molecule has 3 nitrogen and oxygen atoms in total. The molecule has 1 saturated heterocycles. The molecule has 0 radical (unpaired) electrons. The van der Waals surface area contributed by atoms with Crippen LogP contribution in [0.3, 0.4) is 0 Å². The number of ether oxygens (including phenoxy) is 2. The molecule has 1 heterocycles. The molecular weight excluding hydrogens is 178 g/mol. The fourth-order valence-corrected chi connectivity index (χ4v) is 1.32. The minimum atomic E-state index is 0. The lowest BCUT2D eigenvalue weighted by molar-refractivity contribution is -0.917. The maximum atomic E-state index is 5.29. The van der Waals surface area contributed by atoms with Gasteiger partial charge in [-0.3, -0.25) is 0 Å². The van der Waals surface area contributed by atoms with E-state index in [4.69, 9.17) is 9.47 Å². The second kappa shape index (κ2) is 5.75. The van der Waals surface area contributed by atoms with Crippen LogP contribution in [0, 0.1) is 0 Å². The van der Waals surface area contributed by atoms with Gasteiger partial charge in [0.1, 0.15) is 19.6 Å². The fourth-order valence-electron chi connectivity index (χ4n) is 1.32. The maximum absolute atomic E-state index is 5.29. The third-order valence-corrected chi connectivity index (χ3v) is 2.39. The van der Waals surface area contributed by atoms with Crippen LogP contribution in [0.1, 0.15) is 0 Å². The van der Waals surface area contributed by atoms with Gasteiger partial charge in [-0.25, -0.2) is 0 Å². The summed E-state index contributed by atoms with van der Waals surface area (Å²) in [4.78, 5) is 0. The van der Waals surface area contributed by atoms with Crippen LogP contribution < -0.4 is 12.4 Å². The summed E-state index contributed by atoms with van der Waals surface area (Å²) in [6.45, 7) is 6.03. The Bertz CT molecular complexity index is 116. The minimum absolute atomic E-state index is 0. The largest absolute Gasteiger partial charge is 1.00 e. The topological polar surface area (TPSA) is 18.5 Å². The lowest BCUT2D eigenvalue weighted by Crippen LogP contribution is -3.00. The van der Waals surface area contributed by atoms with E-state index in [1.807, 2.05) is 0 Å². The number of hydrogen-bond donors (Lipinski definition) is 0. The number of morpholine rings is 1. The standard InChI is InChI=1S/C8H18NO2.ClH/c1-9(3-6-10-2)4-7-11-8-5-9;/h3-8H2,1-2H3;1H/q+1;/p-1. The van der Waals surface area contributed by atoms with Gasteiger partial charge >= 0.3 is 0 Å². The number of nitrogens with zero attached hydrogens (tertiary/aromatic N) is 1. The smallest absolute Gasteiger partial charge is 0.102 e. The number of hydrogen-bond acceptors (Lipinski definition) is 2. The molecule has 74 valence electrons. The SMILES string of the molecule is COCC[N+]1(C)CCOCC1.[Cl-]. The molecule has 0 spiro atoms. The molecule has 12 heavy (non-hydrogen) atoms. The molecule has 1 rings (SSSR count). The molecule has 0 unspecified atom stereocenters. The maximum Gasteiger partial charge on any atom is 0.102 e. The molecule has 0 aromatic rings. The van der Waals surface area contributed by atoms with Gasteiger partial charge in [0.15, 0.2) is 0 Å².